The van der Waals surface area contributed by atoms with Crippen LogP contribution in [0, 0.1) is 0 Å². The largest absolute Gasteiger partial charge is 0.496 e. The van der Waals surface area contributed by atoms with E-state index in [0.29, 0.717) is 0 Å². The van der Waals surface area contributed by atoms with Crippen LogP contribution in [0.3, 0.4) is 0 Å². The van der Waals surface area contributed by atoms with Gasteiger partial charge in [0.05, 0.1) is 14.2 Å². The van der Waals surface area contributed by atoms with Gasteiger partial charge in [0, 0.05) is 16.4 Å². The lowest BCUT2D eigenvalue weighted by Gasteiger charge is -2.29. The zero-order valence-corrected chi connectivity index (χ0v) is 22.6. The molecule has 0 radical (unpaired) electrons. The van der Waals surface area contributed by atoms with Gasteiger partial charge in [0.15, 0.2) is 0 Å². The molecule has 3 aromatic carbocycles. The minimum absolute atomic E-state index is 0.849. The van der Waals surface area contributed by atoms with Gasteiger partial charge in [-0.05, 0) is 54.7 Å². The third-order valence-corrected chi connectivity index (χ3v) is 8.19. The molecular formula is C32H41O2P. The summed E-state index contributed by atoms with van der Waals surface area (Å²) in [6, 6.07) is 23.4. The molecule has 2 aliphatic carbocycles. The standard InChI is InChI=1S/C18H26.C14H15O2P/c1-3-9-15(10-4-1)17-13-7-8-14-18(17)16-11-5-2-6-12-16;1-15-12-8-4-3-6-10(12)11-7-5-9-13(17)14(11)16-2/h7-8,13-16H,1-6,9-12H2;3-9H,17H2,1-2H3. The summed E-state index contributed by atoms with van der Waals surface area (Å²) in [5.41, 5.74) is 5.50. The molecule has 2 nitrogen and oxygen atoms in total. The molecule has 186 valence electrons. The summed E-state index contributed by atoms with van der Waals surface area (Å²) in [5, 5.41) is 1.04. The number of para-hydroxylation sites is 2. The molecule has 2 fully saturated rings. The molecule has 5 rings (SSSR count). The van der Waals surface area contributed by atoms with Crippen molar-refractivity contribution in [2.75, 3.05) is 14.2 Å². The number of ether oxygens (including phenoxy) is 2. The van der Waals surface area contributed by atoms with Crippen molar-refractivity contribution in [3.63, 3.8) is 0 Å². The quantitative estimate of drug-likeness (QED) is 0.335. The average molecular weight is 489 g/mol. The van der Waals surface area contributed by atoms with Crippen LogP contribution in [0.5, 0.6) is 11.5 Å². The normalized spacial score (nSPS) is 16.8. The maximum Gasteiger partial charge on any atom is 0.133 e. The van der Waals surface area contributed by atoms with Crippen LogP contribution in [0.2, 0.25) is 0 Å². The molecule has 0 aromatic heterocycles. The number of benzene rings is 3. The molecule has 0 saturated heterocycles. The van der Waals surface area contributed by atoms with Gasteiger partial charge in [-0.15, -0.1) is 9.24 Å². The Kier molecular flexibility index (Phi) is 9.66. The third kappa shape index (κ3) is 6.47. The van der Waals surface area contributed by atoms with Gasteiger partial charge in [-0.3, -0.25) is 0 Å². The molecule has 1 unspecified atom stereocenters. The van der Waals surface area contributed by atoms with Crippen LogP contribution in [0.25, 0.3) is 11.1 Å². The molecule has 2 saturated carbocycles. The average Bonchev–Trinajstić information content (AvgIpc) is 2.94. The molecule has 0 spiro atoms. The maximum absolute atomic E-state index is 5.45. The Morgan fingerprint density at radius 2 is 1.09 bits per heavy atom. The van der Waals surface area contributed by atoms with Crippen molar-refractivity contribution in [3.05, 3.63) is 77.9 Å². The minimum Gasteiger partial charge on any atom is -0.496 e. The Labute approximate surface area is 214 Å². The highest BCUT2D eigenvalue weighted by Gasteiger charge is 2.23. The molecule has 0 N–H and O–H groups in total. The van der Waals surface area contributed by atoms with Crippen molar-refractivity contribution in [3.8, 4) is 22.6 Å². The Morgan fingerprint density at radius 3 is 1.63 bits per heavy atom. The van der Waals surface area contributed by atoms with Gasteiger partial charge in [-0.1, -0.05) is 99.2 Å². The SMILES string of the molecule is COc1ccccc1-c1cccc(P)c1OC.c1ccc(C2CCCCC2)c(C2CCCCC2)c1. The number of hydrogen-bond donors (Lipinski definition) is 0. The van der Waals surface area contributed by atoms with E-state index < -0.39 is 0 Å². The van der Waals surface area contributed by atoms with Crippen LogP contribution in [-0.4, -0.2) is 14.2 Å². The first-order valence-electron chi connectivity index (χ1n) is 13.4. The van der Waals surface area contributed by atoms with Gasteiger partial charge in [0.2, 0.25) is 0 Å². The van der Waals surface area contributed by atoms with Gasteiger partial charge in [-0.2, -0.15) is 0 Å². The Balaban J connectivity index is 0.000000165. The first-order chi connectivity index (χ1) is 17.2. The zero-order chi connectivity index (χ0) is 24.5. The molecule has 3 aromatic rings. The van der Waals surface area contributed by atoms with Gasteiger partial charge in [0.1, 0.15) is 11.5 Å². The van der Waals surface area contributed by atoms with Crippen molar-refractivity contribution >= 4 is 14.5 Å². The zero-order valence-electron chi connectivity index (χ0n) is 21.5. The predicted molar refractivity (Wildman–Crippen MR) is 152 cm³/mol. The van der Waals surface area contributed by atoms with E-state index in [4.69, 9.17) is 9.47 Å². The minimum atomic E-state index is 0.849. The lowest BCUT2D eigenvalue weighted by Crippen LogP contribution is -2.12. The molecule has 0 amide bonds. The maximum atomic E-state index is 5.45. The summed E-state index contributed by atoms with van der Waals surface area (Å²) in [6.45, 7) is 0. The molecule has 35 heavy (non-hydrogen) atoms. The van der Waals surface area contributed by atoms with Crippen molar-refractivity contribution in [1.29, 1.82) is 0 Å². The highest BCUT2D eigenvalue weighted by atomic mass is 31.0. The second kappa shape index (κ2) is 13.1. The van der Waals surface area contributed by atoms with E-state index in [1.165, 1.54) is 64.2 Å². The molecule has 2 aliphatic rings. The van der Waals surface area contributed by atoms with Crippen molar-refractivity contribution in [2.45, 2.75) is 76.0 Å². The fourth-order valence-corrected chi connectivity index (χ4v) is 6.33. The van der Waals surface area contributed by atoms with Crippen LogP contribution in [-0.2, 0) is 0 Å². The van der Waals surface area contributed by atoms with E-state index in [1.807, 2.05) is 42.5 Å². The summed E-state index contributed by atoms with van der Waals surface area (Å²) >= 11 is 0. The van der Waals surface area contributed by atoms with Gasteiger partial charge in [0.25, 0.3) is 0 Å². The van der Waals surface area contributed by atoms with E-state index in [9.17, 15) is 0 Å². The summed E-state index contributed by atoms with van der Waals surface area (Å²) in [6.07, 6.45) is 14.5. The van der Waals surface area contributed by atoms with Crippen molar-refractivity contribution in [1.82, 2.24) is 0 Å². The molecule has 0 aliphatic heterocycles. The van der Waals surface area contributed by atoms with Crippen molar-refractivity contribution in [2.24, 2.45) is 0 Å². The van der Waals surface area contributed by atoms with Gasteiger partial charge < -0.3 is 9.47 Å². The number of methoxy groups -OCH3 is 2. The second-order valence-electron chi connectivity index (χ2n) is 9.93. The molecule has 0 bridgehead atoms. The fraction of sp³-hybridized carbons (Fsp3) is 0.438. The fourth-order valence-electron chi connectivity index (χ4n) is 5.94. The van der Waals surface area contributed by atoms with Gasteiger partial charge >= 0.3 is 0 Å². The molecule has 0 heterocycles. The Hall–Kier alpha value is -2.31. The topological polar surface area (TPSA) is 18.5 Å². The number of rotatable bonds is 5. The second-order valence-corrected chi connectivity index (χ2v) is 10.5. The van der Waals surface area contributed by atoms with E-state index in [2.05, 4.69) is 33.5 Å². The molecular weight excluding hydrogens is 447 g/mol. The van der Waals surface area contributed by atoms with Crippen LogP contribution >= 0.6 is 9.24 Å². The van der Waals surface area contributed by atoms with E-state index >= 15 is 0 Å². The van der Waals surface area contributed by atoms with Crippen LogP contribution in [0.15, 0.2) is 66.7 Å². The Morgan fingerprint density at radius 1 is 0.571 bits per heavy atom. The van der Waals surface area contributed by atoms with E-state index in [0.717, 1.165) is 39.8 Å². The third-order valence-electron chi connectivity index (χ3n) is 7.73. The van der Waals surface area contributed by atoms with Crippen molar-refractivity contribution < 1.29 is 9.47 Å². The Bertz CT molecular complexity index is 1030. The van der Waals surface area contributed by atoms with Crippen LogP contribution in [0.4, 0.5) is 0 Å². The highest BCUT2D eigenvalue weighted by molar-refractivity contribution is 7.27. The summed E-state index contributed by atoms with van der Waals surface area (Å²) in [5.74, 6) is 3.46. The van der Waals surface area contributed by atoms with Gasteiger partial charge in [-0.25, -0.2) is 0 Å². The van der Waals surface area contributed by atoms with E-state index in [-0.39, 0.29) is 0 Å². The van der Waals surface area contributed by atoms with E-state index in [1.54, 1.807) is 25.3 Å². The predicted octanol–water partition coefficient (Wildman–Crippen LogP) is 8.65. The summed E-state index contributed by atoms with van der Waals surface area (Å²) < 4.78 is 10.8. The van der Waals surface area contributed by atoms with Crippen LogP contribution < -0.4 is 14.8 Å². The lowest BCUT2D eigenvalue weighted by molar-refractivity contribution is 0.412. The first kappa shape index (κ1) is 25.8. The highest BCUT2D eigenvalue weighted by Crippen LogP contribution is 2.41. The van der Waals surface area contributed by atoms with Crippen LogP contribution in [0.1, 0.15) is 87.2 Å². The molecule has 3 heteroatoms. The summed E-state index contributed by atoms with van der Waals surface area (Å²) in [4.78, 5) is 0. The first-order valence-corrected chi connectivity index (χ1v) is 13.9. The lowest BCUT2D eigenvalue weighted by atomic mass is 9.76. The smallest absolute Gasteiger partial charge is 0.133 e. The number of hydrogen-bond acceptors (Lipinski definition) is 2. The molecule has 1 atom stereocenters. The summed E-state index contributed by atoms with van der Waals surface area (Å²) in [7, 11) is 6.04. The monoisotopic (exact) mass is 488 g/mol.